The molecule has 15 heavy (non-hydrogen) atoms. The van der Waals surface area contributed by atoms with Gasteiger partial charge in [0.15, 0.2) is 0 Å². The van der Waals surface area contributed by atoms with Gasteiger partial charge in [-0.2, -0.15) is 0 Å². The summed E-state index contributed by atoms with van der Waals surface area (Å²) in [7, 11) is 0. The predicted octanol–water partition coefficient (Wildman–Crippen LogP) is 4.96. The Morgan fingerprint density at radius 1 is 1.20 bits per heavy atom. The molecule has 1 heteroatoms. The molecule has 0 spiro atoms. The summed E-state index contributed by atoms with van der Waals surface area (Å²) in [6.45, 7) is 11.7. The van der Waals surface area contributed by atoms with E-state index in [0.717, 1.165) is 10.5 Å². The number of hydrogen-bond donors (Lipinski definition) is 0. The van der Waals surface area contributed by atoms with Gasteiger partial charge in [0, 0.05) is 0 Å². The maximum atomic E-state index is 3.85. The molecule has 0 aromatic heterocycles. The maximum Gasteiger partial charge on any atom is -0.0210 e. The zero-order valence-electron chi connectivity index (χ0n) is 9.29. The summed E-state index contributed by atoms with van der Waals surface area (Å²) in [5.74, 6) is 0. The SMILES string of the molecule is C=Cc1ccc(/C(C)=C/SC(=C)C)cc1. The van der Waals surface area contributed by atoms with Crippen LogP contribution in [0.15, 0.2) is 47.7 Å². The molecule has 1 aromatic carbocycles. The molecule has 0 nitrogen and oxygen atoms in total. The van der Waals surface area contributed by atoms with Gasteiger partial charge in [-0.25, -0.2) is 0 Å². The van der Waals surface area contributed by atoms with E-state index in [1.54, 1.807) is 11.8 Å². The Balaban J connectivity index is 2.82. The van der Waals surface area contributed by atoms with Crippen molar-refractivity contribution in [1.82, 2.24) is 0 Å². The molecule has 0 N–H and O–H groups in total. The first kappa shape index (κ1) is 11.9. The van der Waals surface area contributed by atoms with Gasteiger partial charge in [-0.05, 0) is 40.9 Å². The molecule has 0 radical (unpaired) electrons. The van der Waals surface area contributed by atoms with Gasteiger partial charge in [0.25, 0.3) is 0 Å². The van der Waals surface area contributed by atoms with E-state index in [2.05, 4.69) is 49.8 Å². The van der Waals surface area contributed by atoms with Gasteiger partial charge in [-0.1, -0.05) is 43.5 Å². The molecule has 0 aliphatic heterocycles. The zero-order chi connectivity index (χ0) is 11.3. The molecule has 0 aliphatic carbocycles. The van der Waals surface area contributed by atoms with E-state index < -0.39 is 0 Å². The fourth-order valence-electron chi connectivity index (χ4n) is 1.14. The largest absolute Gasteiger partial charge is 0.103 e. The van der Waals surface area contributed by atoms with Crippen LogP contribution in [0.25, 0.3) is 11.6 Å². The lowest BCUT2D eigenvalue weighted by Crippen LogP contribution is -1.79. The third-order valence-electron chi connectivity index (χ3n) is 2.04. The first-order valence-corrected chi connectivity index (χ1v) is 5.73. The predicted molar refractivity (Wildman–Crippen MR) is 72.6 cm³/mol. The first-order chi connectivity index (χ1) is 7.13. The maximum absolute atomic E-state index is 3.85. The third kappa shape index (κ3) is 3.80. The van der Waals surface area contributed by atoms with Crippen molar-refractivity contribution in [2.24, 2.45) is 0 Å². The van der Waals surface area contributed by atoms with Crippen LogP contribution in [0.2, 0.25) is 0 Å². The van der Waals surface area contributed by atoms with Crippen LogP contribution in [0.5, 0.6) is 0 Å². The van der Waals surface area contributed by atoms with Gasteiger partial charge in [0.2, 0.25) is 0 Å². The fourth-order valence-corrected chi connectivity index (χ4v) is 1.65. The van der Waals surface area contributed by atoms with Crippen molar-refractivity contribution < 1.29 is 0 Å². The fraction of sp³-hybridized carbons (Fsp3) is 0.143. The number of benzene rings is 1. The molecule has 1 aromatic rings. The standard InChI is InChI=1S/C14H16S/c1-5-13-6-8-14(9-7-13)12(4)10-15-11(2)3/h5-10H,1-2H2,3-4H3/b12-10+. The number of rotatable bonds is 4. The summed E-state index contributed by atoms with van der Waals surface area (Å²) in [6, 6.07) is 8.37. The van der Waals surface area contributed by atoms with Gasteiger partial charge in [-0.3, -0.25) is 0 Å². The third-order valence-corrected chi connectivity index (χ3v) is 2.91. The Morgan fingerprint density at radius 3 is 2.27 bits per heavy atom. The monoisotopic (exact) mass is 216 g/mol. The van der Waals surface area contributed by atoms with Crippen LogP contribution < -0.4 is 0 Å². The Labute approximate surface area is 96.4 Å². The molecule has 78 valence electrons. The van der Waals surface area contributed by atoms with Crippen LogP contribution in [0.4, 0.5) is 0 Å². The lowest BCUT2D eigenvalue weighted by atomic mass is 10.1. The average Bonchev–Trinajstić information content (AvgIpc) is 2.26. The second-order valence-electron chi connectivity index (χ2n) is 3.45. The van der Waals surface area contributed by atoms with Crippen molar-refractivity contribution in [3.8, 4) is 0 Å². The first-order valence-electron chi connectivity index (χ1n) is 4.85. The highest BCUT2D eigenvalue weighted by molar-refractivity contribution is 8.05. The lowest BCUT2D eigenvalue weighted by Gasteiger charge is -2.02. The minimum Gasteiger partial charge on any atom is -0.103 e. The van der Waals surface area contributed by atoms with E-state index in [9.17, 15) is 0 Å². The van der Waals surface area contributed by atoms with E-state index in [-0.39, 0.29) is 0 Å². The summed E-state index contributed by atoms with van der Waals surface area (Å²) < 4.78 is 0. The van der Waals surface area contributed by atoms with E-state index in [1.807, 2.05) is 13.0 Å². The van der Waals surface area contributed by atoms with Crippen molar-refractivity contribution in [2.75, 3.05) is 0 Å². The van der Waals surface area contributed by atoms with Crippen LogP contribution in [-0.2, 0) is 0 Å². The molecule has 0 aliphatic rings. The summed E-state index contributed by atoms with van der Waals surface area (Å²) in [5.41, 5.74) is 3.66. The van der Waals surface area contributed by atoms with Crippen molar-refractivity contribution in [3.63, 3.8) is 0 Å². The average molecular weight is 216 g/mol. The van der Waals surface area contributed by atoms with Crippen LogP contribution in [0, 0.1) is 0 Å². The number of thioether (sulfide) groups is 1. The van der Waals surface area contributed by atoms with Gasteiger partial charge in [-0.15, -0.1) is 11.8 Å². The van der Waals surface area contributed by atoms with Gasteiger partial charge < -0.3 is 0 Å². The molecule has 0 amide bonds. The molecule has 0 bridgehead atoms. The Bertz CT molecular complexity index is 382. The highest BCUT2D eigenvalue weighted by atomic mass is 32.2. The Morgan fingerprint density at radius 2 is 1.80 bits per heavy atom. The second-order valence-corrected chi connectivity index (χ2v) is 4.62. The highest BCUT2D eigenvalue weighted by Gasteiger charge is 1.95. The van der Waals surface area contributed by atoms with Crippen LogP contribution in [0.3, 0.4) is 0 Å². The zero-order valence-corrected chi connectivity index (χ0v) is 10.1. The molecule has 0 saturated heterocycles. The Hall–Kier alpha value is -1.21. The van der Waals surface area contributed by atoms with Gasteiger partial charge in [0.1, 0.15) is 0 Å². The molecule has 1 rings (SSSR count). The summed E-state index contributed by atoms with van der Waals surface area (Å²) >= 11 is 1.67. The van der Waals surface area contributed by atoms with Gasteiger partial charge >= 0.3 is 0 Å². The van der Waals surface area contributed by atoms with E-state index in [0.29, 0.717) is 0 Å². The van der Waals surface area contributed by atoms with E-state index >= 15 is 0 Å². The topological polar surface area (TPSA) is 0 Å². The summed E-state index contributed by atoms with van der Waals surface area (Å²) in [4.78, 5) is 1.11. The van der Waals surface area contributed by atoms with E-state index in [1.165, 1.54) is 11.1 Å². The molecular formula is C14H16S. The highest BCUT2D eigenvalue weighted by Crippen LogP contribution is 2.22. The smallest absolute Gasteiger partial charge is 0.0210 e. The number of hydrogen-bond acceptors (Lipinski definition) is 1. The minimum atomic E-state index is 1.11. The van der Waals surface area contributed by atoms with Crippen molar-refractivity contribution in [1.29, 1.82) is 0 Å². The van der Waals surface area contributed by atoms with Crippen LogP contribution in [-0.4, -0.2) is 0 Å². The van der Waals surface area contributed by atoms with Gasteiger partial charge in [0.05, 0.1) is 0 Å². The normalized spacial score (nSPS) is 11.2. The Kier molecular flexibility index (Phi) is 4.44. The molecule has 0 atom stereocenters. The quantitative estimate of drug-likeness (QED) is 0.685. The molecular weight excluding hydrogens is 200 g/mol. The molecule has 0 unspecified atom stereocenters. The molecule has 0 heterocycles. The molecule has 0 saturated carbocycles. The summed E-state index contributed by atoms with van der Waals surface area (Å²) in [6.07, 6.45) is 1.85. The van der Waals surface area contributed by atoms with Crippen molar-refractivity contribution >= 4 is 23.4 Å². The molecule has 0 fully saturated rings. The lowest BCUT2D eigenvalue weighted by molar-refractivity contribution is 1.56. The van der Waals surface area contributed by atoms with Crippen LogP contribution >= 0.6 is 11.8 Å². The second kappa shape index (κ2) is 5.62. The number of allylic oxidation sites excluding steroid dienone is 2. The van der Waals surface area contributed by atoms with Crippen LogP contribution in [0.1, 0.15) is 25.0 Å². The summed E-state index contributed by atoms with van der Waals surface area (Å²) in [5, 5.41) is 2.13. The van der Waals surface area contributed by atoms with E-state index in [4.69, 9.17) is 0 Å². The minimum absolute atomic E-state index is 1.11. The van der Waals surface area contributed by atoms with Crippen molar-refractivity contribution in [3.05, 3.63) is 58.9 Å². The van der Waals surface area contributed by atoms with Crippen molar-refractivity contribution in [2.45, 2.75) is 13.8 Å².